The third-order valence-corrected chi connectivity index (χ3v) is 7.45. The van der Waals surface area contributed by atoms with Crippen LogP contribution in [-0.2, 0) is 4.79 Å². The Bertz CT molecular complexity index is 1160. The minimum atomic E-state index is -0.560. The molecule has 1 aliphatic heterocycles. The van der Waals surface area contributed by atoms with Crippen LogP contribution >= 0.6 is 23.2 Å². The molecule has 1 amide bonds. The smallest absolute Gasteiger partial charge is 0.234 e. The van der Waals surface area contributed by atoms with Crippen molar-refractivity contribution in [3.05, 3.63) is 93.5 Å². The number of halogens is 2. The lowest BCUT2D eigenvalue weighted by molar-refractivity contribution is -0.133. The minimum absolute atomic E-state index is 0.0766. The van der Waals surface area contributed by atoms with Gasteiger partial charge in [0.2, 0.25) is 5.91 Å². The topological polar surface area (TPSA) is 62.2 Å². The number of rotatable bonds is 9. The molecule has 4 rings (SSSR count). The second-order valence-electron chi connectivity index (χ2n) is 9.31. The molecule has 0 aromatic heterocycles. The van der Waals surface area contributed by atoms with E-state index in [1.54, 1.807) is 43.4 Å². The number of β-amino-alcohol motifs (C(OH)–C–C–N with tert-alkyl or cyclic N) is 1. The van der Waals surface area contributed by atoms with Crippen molar-refractivity contribution >= 4 is 29.1 Å². The van der Waals surface area contributed by atoms with Crippen LogP contribution in [0.5, 0.6) is 11.5 Å². The van der Waals surface area contributed by atoms with Crippen LogP contribution in [0, 0.1) is 0 Å². The quantitative estimate of drug-likeness (QED) is 0.391. The molecular formula is C29H32Cl2N2O4. The van der Waals surface area contributed by atoms with Gasteiger partial charge in [0.15, 0.2) is 0 Å². The summed E-state index contributed by atoms with van der Waals surface area (Å²) >= 11 is 12.3. The van der Waals surface area contributed by atoms with E-state index in [4.69, 9.17) is 32.7 Å². The first-order valence-corrected chi connectivity index (χ1v) is 13.0. The number of ether oxygens (including phenoxy) is 2. The highest BCUT2D eigenvalue weighted by Gasteiger charge is 2.34. The largest absolute Gasteiger partial charge is 0.497 e. The first-order valence-electron chi connectivity index (χ1n) is 12.2. The summed E-state index contributed by atoms with van der Waals surface area (Å²) < 4.78 is 11.1. The van der Waals surface area contributed by atoms with Crippen molar-refractivity contribution < 1.29 is 19.4 Å². The Labute approximate surface area is 228 Å². The normalized spacial score (nSPS) is 16.6. The molecule has 3 aromatic carbocycles. The zero-order valence-electron chi connectivity index (χ0n) is 21.2. The summed E-state index contributed by atoms with van der Waals surface area (Å²) in [5.74, 6) is 0.672. The first-order chi connectivity index (χ1) is 17.8. The van der Waals surface area contributed by atoms with Crippen molar-refractivity contribution in [1.29, 1.82) is 0 Å². The summed E-state index contributed by atoms with van der Waals surface area (Å²) in [6.07, 6.45) is 0.345. The Kier molecular flexibility index (Phi) is 8.98. The molecule has 1 aliphatic rings. The number of hydrogen-bond acceptors (Lipinski definition) is 5. The van der Waals surface area contributed by atoms with E-state index < -0.39 is 5.92 Å². The van der Waals surface area contributed by atoms with Crippen LogP contribution < -0.4 is 9.47 Å². The van der Waals surface area contributed by atoms with Crippen LogP contribution in [0.3, 0.4) is 0 Å². The molecule has 0 radical (unpaired) electrons. The van der Waals surface area contributed by atoms with Crippen LogP contribution in [0.4, 0.5) is 0 Å². The minimum Gasteiger partial charge on any atom is -0.497 e. The zero-order valence-corrected chi connectivity index (χ0v) is 22.7. The van der Waals surface area contributed by atoms with Crippen molar-refractivity contribution in [2.75, 3.05) is 40.9 Å². The molecule has 1 fully saturated rings. The highest BCUT2D eigenvalue weighted by molar-refractivity contribution is 6.30. The lowest BCUT2D eigenvalue weighted by Gasteiger charge is -2.35. The standard InChI is InChI=1S/C29H32Cl2N2O4/c1-32(29(35)28(19-4-8-21(30)9-5-19)20-6-10-22(31)11-7-20)26(18-33-15-14-23(34)17-33)25-13-12-24(36-2)16-27(25)37-3/h4-13,16,23,26,28,34H,14-15,17-18H2,1-3H3/t23-,26+/m0/s1. The van der Waals surface area contributed by atoms with Gasteiger partial charge < -0.3 is 19.5 Å². The van der Waals surface area contributed by atoms with E-state index in [0.29, 0.717) is 41.1 Å². The van der Waals surface area contributed by atoms with Gasteiger partial charge in [0.05, 0.1) is 32.3 Å². The number of aliphatic hydroxyl groups is 1. The van der Waals surface area contributed by atoms with Gasteiger partial charge in [-0.05, 0) is 53.9 Å². The van der Waals surface area contributed by atoms with Crippen LogP contribution in [0.1, 0.15) is 35.1 Å². The van der Waals surface area contributed by atoms with Gasteiger partial charge in [0.25, 0.3) is 0 Å². The predicted octanol–water partition coefficient (Wildman–Crippen LogP) is 5.41. The van der Waals surface area contributed by atoms with Gasteiger partial charge in [0.1, 0.15) is 11.5 Å². The maximum atomic E-state index is 14.3. The number of methoxy groups -OCH3 is 2. The Morgan fingerprint density at radius 1 is 1.00 bits per heavy atom. The van der Waals surface area contributed by atoms with Gasteiger partial charge in [-0.3, -0.25) is 9.69 Å². The van der Waals surface area contributed by atoms with Gasteiger partial charge >= 0.3 is 0 Å². The fraction of sp³-hybridized carbons (Fsp3) is 0.345. The molecule has 1 saturated heterocycles. The predicted molar refractivity (Wildman–Crippen MR) is 147 cm³/mol. The van der Waals surface area contributed by atoms with Gasteiger partial charge in [-0.1, -0.05) is 47.5 Å². The summed E-state index contributed by atoms with van der Waals surface area (Å²) in [6, 6.07) is 20.0. The fourth-order valence-corrected chi connectivity index (χ4v) is 5.14. The summed E-state index contributed by atoms with van der Waals surface area (Å²) in [6.45, 7) is 1.88. The molecule has 3 aromatic rings. The van der Waals surface area contributed by atoms with E-state index in [1.165, 1.54) is 0 Å². The Morgan fingerprint density at radius 3 is 2.08 bits per heavy atom. The van der Waals surface area contributed by atoms with Crippen molar-refractivity contribution in [2.45, 2.75) is 24.5 Å². The summed E-state index contributed by atoms with van der Waals surface area (Å²) in [5, 5.41) is 11.4. The molecule has 1 N–H and O–H groups in total. The molecule has 0 bridgehead atoms. The molecule has 6 nitrogen and oxygen atoms in total. The molecule has 196 valence electrons. The average Bonchev–Trinajstić information content (AvgIpc) is 3.33. The van der Waals surface area contributed by atoms with Crippen LogP contribution in [-0.4, -0.2) is 67.8 Å². The highest BCUT2D eigenvalue weighted by atomic mass is 35.5. The lowest BCUT2D eigenvalue weighted by Crippen LogP contribution is -2.41. The van der Waals surface area contributed by atoms with E-state index in [9.17, 15) is 9.90 Å². The highest BCUT2D eigenvalue weighted by Crippen LogP contribution is 2.36. The Hall–Kier alpha value is -2.77. The van der Waals surface area contributed by atoms with E-state index >= 15 is 0 Å². The molecule has 8 heteroatoms. The van der Waals surface area contributed by atoms with Gasteiger partial charge in [0, 0.05) is 48.4 Å². The SMILES string of the molecule is COc1ccc([C@@H](CN2CC[C@H](O)C2)N(C)C(=O)C(c2ccc(Cl)cc2)c2ccc(Cl)cc2)c(OC)c1. The Balaban J connectivity index is 1.75. The van der Waals surface area contributed by atoms with Crippen LogP contribution in [0.15, 0.2) is 66.7 Å². The van der Waals surface area contributed by atoms with Crippen molar-refractivity contribution in [1.82, 2.24) is 9.80 Å². The number of hydrogen-bond donors (Lipinski definition) is 1. The van der Waals surface area contributed by atoms with Crippen LogP contribution in [0.25, 0.3) is 0 Å². The average molecular weight is 543 g/mol. The first kappa shape index (κ1) is 27.3. The van der Waals surface area contributed by atoms with Crippen molar-refractivity contribution in [3.8, 4) is 11.5 Å². The fourth-order valence-electron chi connectivity index (χ4n) is 4.89. The summed E-state index contributed by atoms with van der Waals surface area (Å²) in [5.41, 5.74) is 2.53. The number of likely N-dealkylation sites (N-methyl/N-ethyl adjacent to an activating group) is 1. The summed E-state index contributed by atoms with van der Waals surface area (Å²) in [4.78, 5) is 18.3. The summed E-state index contributed by atoms with van der Waals surface area (Å²) in [7, 11) is 5.04. The lowest BCUT2D eigenvalue weighted by atomic mass is 9.89. The van der Waals surface area contributed by atoms with E-state index in [2.05, 4.69) is 4.90 Å². The van der Waals surface area contributed by atoms with E-state index in [-0.39, 0.29) is 18.1 Å². The molecule has 0 spiro atoms. The number of nitrogens with zero attached hydrogens (tertiary/aromatic N) is 2. The number of aliphatic hydroxyl groups excluding tert-OH is 1. The Morgan fingerprint density at radius 2 is 1.59 bits per heavy atom. The molecular weight excluding hydrogens is 511 g/mol. The van der Waals surface area contributed by atoms with Crippen molar-refractivity contribution in [2.24, 2.45) is 0 Å². The maximum absolute atomic E-state index is 14.3. The molecule has 2 atom stereocenters. The third-order valence-electron chi connectivity index (χ3n) is 6.95. The third kappa shape index (κ3) is 6.39. The van der Waals surface area contributed by atoms with Gasteiger partial charge in [-0.25, -0.2) is 0 Å². The van der Waals surface area contributed by atoms with Crippen molar-refractivity contribution in [3.63, 3.8) is 0 Å². The van der Waals surface area contributed by atoms with E-state index in [1.807, 2.05) is 49.5 Å². The molecule has 0 aliphatic carbocycles. The van der Waals surface area contributed by atoms with Gasteiger partial charge in [-0.15, -0.1) is 0 Å². The second kappa shape index (κ2) is 12.2. The molecule has 0 saturated carbocycles. The molecule has 0 unspecified atom stereocenters. The number of carbonyl (C=O) groups excluding carboxylic acids is 1. The van der Waals surface area contributed by atoms with Crippen LogP contribution in [0.2, 0.25) is 10.0 Å². The second-order valence-corrected chi connectivity index (χ2v) is 10.2. The number of carbonyl (C=O) groups is 1. The monoisotopic (exact) mass is 542 g/mol. The number of amides is 1. The zero-order chi connectivity index (χ0) is 26.5. The molecule has 37 heavy (non-hydrogen) atoms. The van der Waals surface area contributed by atoms with Gasteiger partial charge in [-0.2, -0.15) is 0 Å². The van der Waals surface area contributed by atoms with E-state index in [0.717, 1.165) is 23.2 Å². The molecule has 1 heterocycles. The maximum Gasteiger partial charge on any atom is 0.234 e. The number of likely N-dealkylation sites (tertiary alicyclic amines) is 1. The number of benzene rings is 3.